The van der Waals surface area contributed by atoms with Crippen molar-refractivity contribution in [3.8, 4) is 0 Å². The van der Waals surface area contributed by atoms with Crippen LogP contribution in [0.25, 0.3) is 0 Å². The molecule has 1 fully saturated rings. The molecule has 1 amide bonds. The second-order valence-corrected chi connectivity index (χ2v) is 4.84. The van der Waals surface area contributed by atoms with Crippen molar-refractivity contribution in [3.63, 3.8) is 0 Å². The lowest BCUT2D eigenvalue weighted by Crippen LogP contribution is -2.42. The lowest BCUT2D eigenvalue weighted by molar-refractivity contribution is -0.146. The molecule has 4 atom stereocenters. The van der Waals surface area contributed by atoms with Gasteiger partial charge in [0.15, 0.2) is 0 Å². The summed E-state index contributed by atoms with van der Waals surface area (Å²) in [5, 5.41) is 12.0. The first kappa shape index (κ1) is 13.1. The van der Waals surface area contributed by atoms with Gasteiger partial charge in [0.25, 0.3) is 0 Å². The fourth-order valence-electron chi connectivity index (χ4n) is 2.62. The first-order valence-corrected chi connectivity index (χ1v) is 6.49. The summed E-state index contributed by atoms with van der Waals surface area (Å²) < 4.78 is 5.45. The average molecular weight is 253 g/mol. The number of unbranched alkanes of at least 4 members (excludes halogenated alkanes) is 2. The van der Waals surface area contributed by atoms with E-state index >= 15 is 0 Å². The molecule has 0 aromatic rings. The third-order valence-electron chi connectivity index (χ3n) is 3.57. The fourth-order valence-corrected chi connectivity index (χ4v) is 2.62. The predicted octanol–water partition coefficient (Wildman–Crippen LogP) is 0.947. The third-order valence-corrected chi connectivity index (χ3v) is 3.57. The molecule has 0 aromatic carbocycles. The highest BCUT2D eigenvalue weighted by Gasteiger charge is 2.52. The van der Waals surface area contributed by atoms with Gasteiger partial charge in [0.2, 0.25) is 5.91 Å². The van der Waals surface area contributed by atoms with Crippen LogP contribution in [-0.2, 0) is 14.3 Å². The molecule has 100 valence electrons. The number of hydrogen-bond acceptors (Lipinski definition) is 3. The molecule has 0 spiro atoms. The van der Waals surface area contributed by atoms with Crippen molar-refractivity contribution in [1.29, 1.82) is 0 Å². The minimum Gasteiger partial charge on any atom is -0.481 e. The molecule has 2 rings (SSSR count). The van der Waals surface area contributed by atoms with E-state index in [4.69, 9.17) is 4.74 Å². The van der Waals surface area contributed by atoms with Crippen LogP contribution in [0.4, 0.5) is 0 Å². The van der Waals surface area contributed by atoms with Gasteiger partial charge in [0.05, 0.1) is 18.1 Å². The largest absolute Gasteiger partial charge is 0.481 e. The first-order valence-electron chi connectivity index (χ1n) is 6.49. The van der Waals surface area contributed by atoms with E-state index in [-0.39, 0.29) is 12.0 Å². The molecule has 5 nitrogen and oxygen atoms in total. The quantitative estimate of drug-likeness (QED) is 0.546. The predicted molar refractivity (Wildman–Crippen MR) is 65.0 cm³/mol. The number of aliphatic carboxylic acids is 1. The zero-order chi connectivity index (χ0) is 13.1. The molecule has 0 aliphatic carbocycles. The van der Waals surface area contributed by atoms with Gasteiger partial charge in [-0.05, 0) is 6.42 Å². The third kappa shape index (κ3) is 2.41. The number of carbonyl (C=O) groups excluding carboxylic acids is 1. The van der Waals surface area contributed by atoms with Crippen molar-refractivity contribution in [2.75, 3.05) is 6.54 Å². The summed E-state index contributed by atoms with van der Waals surface area (Å²) in [5.74, 6) is -2.48. The molecule has 2 aliphatic heterocycles. The minimum atomic E-state index is -0.958. The van der Waals surface area contributed by atoms with Crippen molar-refractivity contribution >= 4 is 11.9 Å². The maximum Gasteiger partial charge on any atom is 0.310 e. The molecule has 1 saturated heterocycles. The van der Waals surface area contributed by atoms with Crippen LogP contribution in [0.15, 0.2) is 12.2 Å². The Morgan fingerprint density at radius 1 is 1.22 bits per heavy atom. The van der Waals surface area contributed by atoms with E-state index in [9.17, 15) is 14.7 Å². The van der Waals surface area contributed by atoms with Crippen LogP contribution in [-0.4, -0.2) is 35.7 Å². The molecular formula is C13H19NO4. The number of hydrogen-bond donors (Lipinski definition) is 2. The Bertz CT molecular complexity index is 366. The van der Waals surface area contributed by atoms with Crippen LogP contribution in [0.3, 0.4) is 0 Å². The van der Waals surface area contributed by atoms with E-state index in [1.54, 1.807) is 12.2 Å². The molecule has 18 heavy (non-hydrogen) atoms. The number of ether oxygens (including phenoxy) is 1. The number of carboxylic acid groups (broad SMARTS) is 1. The SMILES string of the molecule is CCCCCNC(=O)[C@@H]1[C@@H](C(=O)O)[C@@H]2C=C[C@@H]1O2. The number of carboxylic acids is 1. The Balaban J connectivity index is 1.92. The van der Waals surface area contributed by atoms with E-state index in [1.807, 2.05) is 0 Å². The Labute approximate surface area is 106 Å². The monoisotopic (exact) mass is 253 g/mol. The Kier molecular flexibility index (Phi) is 4.01. The number of carbonyl (C=O) groups is 2. The van der Waals surface area contributed by atoms with Crippen LogP contribution in [0.5, 0.6) is 0 Å². The van der Waals surface area contributed by atoms with E-state index in [1.165, 1.54) is 0 Å². The standard InChI is InChI=1S/C13H19NO4/c1-2-3-4-7-14-12(15)10-8-5-6-9(18-8)11(10)13(16)17/h5-6,8-11H,2-4,7H2,1H3,(H,14,15)(H,16,17)/t8-,9-,10-,11-/m0/s1. The van der Waals surface area contributed by atoms with Gasteiger partial charge in [0.1, 0.15) is 5.92 Å². The van der Waals surface area contributed by atoms with Gasteiger partial charge < -0.3 is 15.2 Å². The number of fused-ring (bicyclic) bond motifs is 2. The van der Waals surface area contributed by atoms with Crippen molar-refractivity contribution in [2.45, 2.75) is 38.4 Å². The molecule has 0 unspecified atom stereocenters. The van der Waals surface area contributed by atoms with Gasteiger partial charge in [-0.2, -0.15) is 0 Å². The maximum atomic E-state index is 12.0. The minimum absolute atomic E-state index is 0.199. The normalized spacial score (nSPS) is 32.7. The van der Waals surface area contributed by atoms with Crippen molar-refractivity contribution in [2.24, 2.45) is 11.8 Å². The number of nitrogens with one attached hydrogen (secondary N) is 1. The molecule has 5 heteroatoms. The second kappa shape index (κ2) is 5.52. The smallest absolute Gasteiger partial charge is 0.310 e. The first-order chi connectivity index (χ1) is 8.65. The molecule has 0 saturated carbocycles. The maximum absolute atomic E-state index is 12.0. The molecule has 2 N–H and O–H groups in total. The van der Waals surface area contributed by atoms with E-state index in [0.29, 0.717) is 6.54 Å². The van der Waals surface area contributed by atoms with Gasteiger partial charge >= 0.3 is 5.97 Å². The van der Waals surface area contributed by atoms with Crippen molar-refractivity contribution in [3.05, 3.63) is 12.2 Å². The van der Waals surface area contributed by atoms with Gasteiger partial charge in [-0.3, -0.25) is 9.59 Å². The van der Waals surface area contributed by atoms with Crippen LogP contribution in [0.2, 0.25) is 0 Å². The summed E-state index contributed by atoms with van der Waals surface area (Å²) >= 11 is 0. The molecule has 0 radical (unpaired) electrons. The van der Waals surface area contributed by atoms with Gasteiger partial charge in [-0.1, -0.05) is 31.9 Å². The van der Waals surface area contributed by atoms with Crippen LogP contribution < -0.4 is 5.32 Å². The van der Waals surface area contributed by atoms with Gasteiger partial charge in [-0.15, -0.1) is 0 Å². The zero-order valence-corrected chi connectivity index (χ0v) is 10.5. The summed E-state index contributed by atoms with van der Waals surface area (Å²) in [5.41, 5.74) is 0. The molecular weight excluding hydrogens is 234 g/mol. The van der Waals surface area contributed by atoms with E-state index in [0.717, 1.165) is 19.3 Å². The van der Waals surface area contributed by atoms with Crippen molar-refractivity contribution in [1.82, 2.24) is 5.32 Å². The van der Waals surface area contributed by atoms with E-state index in [2.05, 4.69) is 12.2 Å². The highest BCUT2D eigenvalue weighted by molar-refractivity contribution is 5.87. The Hall–Kier alpha value is -1.36. The molecule has 0 aromatic heterocycles. The summed E-state index contributed by atoms with van der Waals surface area (Å²) in [6.45, 7) is 2.70. The lowest BCUT2D eigenvalue weighted by atomic mass is 9.82. The summed E-state index contributed by atoms with van der Waals surface area (Å²) in [6, 6.07) is 0. The Morgan fingerprint density at radius 3 is 2.50 bits per heavy atom. The summed E-state index contributed by atoms with van der Waals surface area (Å²) in [4.78, 5) is 23.2. The Morgan fingerprint density at radius 2 is 1.89 bits per heavy atom. The number of rotatable bonds is 6. The molecule has 2 aliphatic rings. The molecule has 2 heterocycles. The highest BCUT2D eigenvalue weighted by Crippen LogP contribution is 2.39. The highest BCUT2D eigenvalue weighted by atomic mass is 16.5. The second-order valence-electron chi connectivity index (χ2n) is 4.84. The summed E-state index contributed by atoms with van der Waals surface area (Å²) in [6.07, 6.45) is 5.80. The lowest BCUT2D eigenvalue weighted by Gasteiger charge is -2.20. The van der Waals surface area contributed by atoms with Crippen LogP contribution in [0.1, 0.15) is 26.2 Å². The van der Waals surface area contributed by atoms with Gasteiger partial charge in [-0.25, -0.2) is 0 Å². The van der Waals surface area contributed by atoms with Crippen LogP contribution >= 0.6 is 0 Å². The molecule has 2 bridgehead atoms. The van der Waals surface area contributed by atoms with Gasteiger partial charge in [0, 0.05) is 6.54 Å². The average Bonchev–Trinajstić information content (AvgIpc) is 2.94. The van der Waals surface area contributed by atoms with Crippen LogP contribution in [0, 0.1) is 11.8 Å². The fraction of sp³-hybridized carbons (Fsp3) is 0.692. The summed E-state index contributed by atoms with van der Waals surface area (Å²) in [7, 11) is 0. The number of amides is 1. The topological polar surface area (TPSA) is 75.6 Å². The van der Waals surface area contributed by atoms with Crippen molar-refractivity contribution < 1.29 is 19.4 Å². The van der Waals surface area contributed by atoms with E-state index < -0.39 is 23.9 Å². The zero-order valence-electron chi connectivity index (χ0n) is 10.5.